The first-order chi connectivity index (χ1) is 10.2. The van der Waals surface area contributed by atoms with Crippen molar-refractivity contribution in [1.29, 1.82) is 0 Å². The lowest BCUT2D eigenvalue weighted by molar-refractivity contribution is -0.148. The van der Waals surface area contributed by atoms with Gasteiger partial charge in [0.2, 0.25) is 0 Å². The molecule has 1 N–H and O–H groups in total. The molecule has 132 valence electrons. The van der Waals surface area contributed by atoms with Gasteiger partial charge in [-0.15, -0.1) is 12.4 Å². The number of hydrogen-bond donors (Lipinski definition) is 1. The average Bonchev–Trinajstić information content (AvgIpc) is 2.44. The van der Waals surface area contributed by atoms with Crippen molar-refractivity contribution >= 4 is 12.4 Å². The molecule has 23 heavy (non-hydrogen) atoms. The van der Waals surface area contributed by atoms with Crippen molar-refractivity contribution in [2.45, 2.75) is 44.8 Å². The third-order valence-corrected chi connectivity index (χ3v) is 4.18. The Bertz CT molecular complexity index is 474. The Balaban J connectivity index is 0.00000264. The second-order valence-electron chi connectivity index (χ2n) is 6.99. The smallest absolute Gasteiger partial charge is 0.314 e. The van der Waals surface area contributed by atoms with Gasteiger partial charge in [0.1, 0.15) is 0 Å². The maximum absolute atomic E-state index is 13.0. The van der Waals surface area contributed by atoms with E-state index in [1.165, 1.54) is 0 Å². The summed E-state index contributed by atoms with van der Waals surface area (Å²) < 4.78 is 38.9. The van der Waals surface area contributed by atoms with Gasteiger partial charge in [0.25, 0.3) is 0 Å². The van der Waals surface area contributed by atoms with E-state index in [1.54, 1.807) is 0 Å². The standard InChI is InChI=1S/C17H25F3N2.ClH/c1-16(2,3)14-6-4-13(5-7-14)15(12-17(18,19)20)22-10-8-21-9-11-22;/h4-7,15,21H,8-12H2,1-3H3;1H/t15-;/m1./s1. The number of benzene rings is 1. The summed E-state index contributed by atoms with van der Waals surface area (Å²) in [5.41, 5.74) is 1.90. The third kappa shape index (κ3) is 5.98. The minimum Gasteiger partial charge on any atom is -0.314 e. The number of nitrogens with zero attached hydrogens (tertiary/aromatic N) is 1. The number of piperazine rings is 1. The van der Waals surface area contributed by atoms with Crippen molar-refractivity contribution in [3.05, 3.63) is 35.4 Å². The van der Waals surface area contributed by atoms with Crippen molar-refractivity contribution in [3.8, 4) is 0 Å². The van der Waals surface area contributed by atoms with Gasteiger partial charge in [-0.1, -0.05) is 45.0 Å². The molecule has 1 aliphatic heterocycles. The molecule has 6 heteroatoms. The Morgan fingerprint density at radius 3 is 2.00 bits per heavy atom. The molecule has 0 unspecified atom stereocenters. The van der Waals surface area contributed by atoms with E-state index in [0.717, 1.165) is 24.2 Å². The molecule has 1 atom stereocenters. The highest BCUT2D eigenvalue weighted by molar-refractivity contribution is 5.85. The first-order valence-electron chi connectivity index (χ1n) is 7.79. The molecular formula is C17H26ClF3N2. The predicted octanol–water partition coefficient (Wildman–Crippen LogP) is 4.30. The number of rotatable bonds is 3. The fourth-order valence-corrected chi connectivity index (χ4v) is 2.88. The van der Waals surface area contributed by atoms with Crippen LogP contribution in [0.25, 0.3) is 0 Å². The molecule has 2 rings (SSSR count). The molecule has 1 heterocycles. The first-order valence-corrected chi connectivity index (χ1v) is 7.79. The molecular weight excluding hydrogens is 325 g/mol. The molecule has 0 saturated carbocycles. The molecule has 1 fully saturated rings. The van der Waals surface area contributed by atoms with E-state index in [4.69, 9.17) is 0 Å². The molecule has 0 spiro atoms. The second-order valence-corrected chi connectivity index (χ2v) is 6.99. The lowest BCUT2D eigenvalue weighted by Crippen LogP contribution is -2.46. The van der Waals surface area contributed by atoms with E-state index in [9.17, 15) is 13.2 Å². The Morgan fingerprint density at radius 1 is 1.04 bits per heavy atom. The summed E-state index contributed by atoms with van der Waals surface area (Å²) in [5.74, 6) is 0. The third-order valence-electron chi connectivity index (χ3n) is 4.18. The molecule has 1 aliphatic rings. The van der Waals surface area contributed by atoms with Gasteiger partial charge >= 0.3 is 6.18 Å². The summed E-state index contributed by atoms with van der Waals surface area (Å²) in [7, 11) is 0. The van der Waals surface area contributed by atoms with Crippen molar-refractivity contribution in [2.75, 3.05) is 26.2 Å². The second kappa shape index (κ2) is 7.86. The van der Waals surface area contributed by atoms with E-state index >= 15 is 0 Å². The summed E-state index contributed by atoms with van der Waals surface area (Å²) in [5, 5.41) is 3.19. The van der Waals surface area contributed by atoms with Crippen LogP contribution in [0, 0.1) is 0 Å². The normalized spacial score (nSPS) is 18.3. The predicted molar refractivity (Wildman–Crippen MR) is 90.2 cm³/mol. The Labute approximate surface area is 142 Å². The molecule has 1 saturated heterocycles. The highest BCUT2D eigenvalue weighted by atomic mass is 35.5. The highest BCUT2D eigenvalue weighted by Gasteiger charge is 2.36. The SMILES string of the molecule is CC(C)(C)c1ccc([C@@H](CC(F)(F)F)N2CCNCC2)cc1.Cl. The maximum atomic E-state index is 13.0. The quantitative estimate of drug-likeness (QED) is 0.874. The molecule has 0 bridgehead atoms. The minimum absolute atomic E-state index is 0. The van der Waals surface area contributed by atoms with Crippen molar-refractivity contribution < 1.29 is 13.2 Å². The van der Waals surface area contributed by atoms with Gasteiger partial charge in [-0.2, -0.15) is 13.2 Å². The largest absolute Gasteiger partial charge is 0.390 e. The van der Waals surface area contributed by atoms with Crippen LogP contribution in [0.5, 0.6) is 0 Å². The fraction of sp³-hybridized carbons (Fsp3) is 0.647. The molecule has 0 aromatic heterocycles. The lowest BCUT2D eigenvalue weighted by atomic mass is 9.86. The van der Waals surface area contributed by atoms with Crippen molar-refractivity contribution in [2.24, 2.45) is 0 Å². The van der Waals surface area contributed by atoms with Crippen LogP contribution >= 0.6 is 12.4 Å². The van der Waals surface area contributed by atoms with E-state index in [1.807, 2.05) is 29.2 Å². The lowest BCUT2D eigenvalue weighted by Gasteiger charge is -2.36. The molecule has 0 amide bonds. The van der Waals surface area contributed by atoms with Crippen LogP contribution in [0.1, 0.15) is 44.4 Å². The molecule has 1 aromatic rings. The summed E-state index contributed by atoms with van der Waals surface area (Å²) >= 11 is 0. The van der Waals surface area contributed by atoms with Crippen LogP contribution in [-0.2, 0) is 5.41 Å². The highest BCUT2D eigenvalue weighted by Crippen LogP contribution is 2.34. The van der Waals surface area contributed by atoms with Crippen molar-refractivity contribution in [3.63, 3.8) is 0 Å². The minimum atomic E-state index is -4.15. The maximum Gasteiger partial charge on any atom is 0.390 e. The van der Waals surface area contributed by atoms with Gasteiger partial charge in [-0.25, -0.2) is 0 Å². The van der Waals surface area contributed by atoms with Crippen LogP contribution in [0.3, 0.4) is 0 Å². The van der Waals surface area contributed by atoms with E-state index in [0.29, 0.717) is 13.1 Å². The van der Waals surface area contributed by atoms with Gasteiger partial charge in [0.15, 0.2) is 0 Å². The number of alkyl halides is 3. The van der Waals surface area contributed by atoms with Gasteiger partial charge in [0.05, 0.1) is 6.42 Å². The topological polar surface area (TPSA) is 15.3 Å². The monoisotopic (exact) mass is 350 g/mol. The number of hydrogen-bond acceptors (Lipinski definition) is 2. The fourth-order valence-electron chi connectivity index (χ4n) is 2.88. The Hall–Kier alpha value is -0.780. The average molecular weight is 351 g/mol. The summed E-state index contributed by atoms with van der Waals surface area (Å²) in [6.45, 7) is 9.11. The number of nitrogens with one attached hydrogen (secondary N) is 1. The van der Waals surface area contributed by atoms with Crippen LogP contribution < -0.4 is 5.32 Å². The van der Waals surface area contributed by atoms with Crippen LogP contribution in [0.2, 0.25) is 0 Å². The summed E-state index contributed by atoms with van der Waals surface area (Å²) in [6.07, 6.45) is -4.94. The zero-order valence-corrected chi connectivity index (χ0v) is 14.7. The van der Waals surface area contributed by atoms with E-state index in [-0.39, 0.29) is 17.8 Å². The Morgan fingerprint density at radius 2 is 1.57 bits per heavy atom. The molecule has 0 aliphatic carbocycles. The van der Waals surface area contributed by atoms with Crippen LogP contribution in [0.4, 0.5) is 13.2 Å². The molecule has 2 nitrogen and oxygen atoms in total. The van der Waals surface area contributed by atoms with Gasteiger partial charge in [0, 0.05) is 32.2 Å². The van der Waals surface area contributed by atoms with Gasteiger partial charge in [-0.3, -0.25) is 4.90 Å². The van der Waals surface area contributed by atoms with Crippen LogP contribution in [-0.4, -0.2) is 37.3 Å². The number of halogens is 4. The molecule has 1 aromatic carbocycles. The first kappa shape index (κ1) is 20.3. The summed E-state index contributed by atoms with van der Waals surface area (Å²) in [6, 6.07) is 7.05. The molecule has 0 radical (unpaired) electrons. The van der Waals surface area contributed by atoms with Gasteiger partial charge < -0.3 is 5.32 Å². The van der Waals surface area contributed by atoms with Gasteiger partial charge in [-0.05, 0) is 16.5 Å². The van der Waals surface area contributed by atoms with E-state index in [2.05, 4.69) is 26.1 Å². The van der Waals surface area contributed by atoms with E-state index < -0.39 is 18.6 Å². The van der Waals surface area contributed by atoms with Crippen molar-refractivity contribution in [1.82, 2.24) is 10.2 Å². The Kier molecular flexibility index (Phi) is 6.93. The zero-order chi connectivity index (χ0) is 16.4. The zero-order valence-electron chi connectivity index (χ0n) is 13.9. The van der Waals surface area contributed by atoms with Crippen LogP contribution in [0.15, 0.2) is 24.3 Å². The summed E-state index contributed by atoms with van der Waals surface area (Å²) in [4.78, 5) is 1.94.